The van der Waals surface area contributed by atoms with Crippen LogP contribution in [0.1, 0.15) is 26.7 Å². The van der Waals surface area contributed by atoms with Crippen LogP contribution >= 0.6 is 0 Å². The van der Waals surface area contributed by atoms with Crippen molar-refractivity contribution in [1.29, 1.82) is 0 Å². The van der Waals surface area contributed by atoms with Crippen LogP contribution in [0.25, 0.3) is 10.9 Å². The van der Waals surface area contributed by atoms with Gasteiger partial charge in [-0.3, -0.25) is 9.59 Å². The molecule has 0 spiro atoms. The van der Waals surface area contributed by atoms with Gasteiger partial charge in [-0.2, -0.15) is 0 Å². The molecule has 2 aromatic rings. The first-order valence-electron chi connectivity index (χ1n) is 8.13. The van der Waals surface area contributed by atoms with E-state index in [-0.39, 0.29) is 30.3 Å². The predicted octanol–water partition coefficient (Wildman–Crippen LogP) is 0.885. The average Bonchev–Trinajstić information content (AvgIpc) is 2.61. The van der Waals surface area contributed by atoms with E-state index in [9.17, 15) is 14.4 Å². The maximum Gasteiger partial charge on any atom is 0.328 e. The fourth-order valence-electron chi connectivity index (χ4n) is 2.43. The van der Waals surface area contributed by atoms with E-state index in [1.54, 1.807) is 24.3 Å². The Kier molecular flexibility index (Phi) is 6.21. The SMILES string of the molecule is COC(=O)C(NC(=O)CCCn1nnc2ccccc2c1=O)C(C)C. The molecule has 134 valence electrons. The monoisotopic (exact) mass is 346 g/mol. The zero-order chi connectivity index (χ0) is 18.4. The van der Waals surface area contributed by atoms with E-state index in [1.165, 1.54) is 11.8 Å². The van der Waals surface area contributed by atoms with Crippen molar-refractivity contribution in [3.8, 4) is 0 Å². The number of hydrogen-bond donors (Lipinski definition) is 1. The Hall–Kier alpha value is -2.77. The van der Waals surface area contributed by atoms with Gasteiger partial charge in [0.25, 0.3) is 5.56 Å². The second kappa shape index (κ2) is 8.36. The van der Waals surface area contributed by atoms with E-state index in [4.69, 9.17) is 0 Å². The van der Waals surface area contributed by atoms with Crippen molar-refractivity contribution < 1.29 is 14.3 Å². The number of amides is 1. The lowest BCUT2D eigenvalue weighted by Gasteiger charge is -2.19. The third-order valence-electron chi connectivity index (χ3n) is 3.84. The molecule has 1 N–H and O–H groups in total. The Morgan fingerprint density at radius 3 is 2.68 bits per heavy atom. The van der Waals surface area contributed by atoms with Gasteiger partial charge >= 0.3 is 5.97 Å². The number of carbonyl (C=O) groups is 2. The van der Waals surface area contributed by atoms with E-state index >= 15 is 0 Å². The molecule has 1 amide bonds. The van der Waals surface area contributed by atoms with Gasteiger partial charge in [0.15, 0.2) is 0 Å². The molecule has 0 saturated carbocycles. The summed E-state index contributed by atoms with van der Waals surface area (Å²) in [6.07, 6.45) is 0.575. The van der Waals surface area contributed by atoms with Gasteiger partial charge in [-0.25, -0.2) is 9.48 Å². The molecule has 0 aliphatic heterocycles. The number of nitrogens with one attached hydrogen (secondary N) is 1. The first-order valence-corrected chi connectivity index (χ1v) is 8.13. The van der Waals surface area contributed by atoms with Crippen LogP contribution in [0.2, 0.25) is 0 Å². The average molecular weight is 346 g/mol. The van der Waals surface area contributed by atoms with E-state index in [1.807, 2.05) is 13.8 Å². The molecule has 0 aliphatic rings. The van der Waals surface area contributed by atoms with Crippen molar-refractivity contribution in [2.45, 2.75) is 39.3 Å². The minimum absolute atomic E-state index is 0.0784. The number of esters is 1. The number of carbonyl (C=O) groups excluding carboxylic acids is 2. The molecule has 0 fully saturated rings. The first kappa shape index (κ1) is 18.6. The molecule has 0 aliphatic carbocycles. The molecular formula is C17H22N4O4. The molecule has 8 heteroatoms. The highest BCUT2D eigenvalue weighted by Crippen LogP contribution is 2.06. The van der Waals surface area contributed by atoms with Crippen molar-refractivity contribution >= 4 is 22.8 Å². The van der Waals surface area contributed by atoms with Crippen molar-refractivity contribution in [3.05, 3.63) is 34.6 Å². The van der Waals surface area contributed by atoms with Crippen molar-refractivity contribution in [2.75, 3.05) is 7.11 Å². The lowest BCUT2D eigenvalue weighted by molar-refractivity contribution is -0.146. The van der Waals surface area contributed by atoms with Gasteiger partial charge in [0, 0.05) is 13.0 Å². The summed E-state index contributed by atoms with van der Waals surface area (Å²) < 4.78 is 5.93. The van der Waals surface area contributed by atoms with Gasteiger partial charge in [-0.15, -0.1) is 5.10 Å². The molecule has 0 bridgehead atoms. The van der Waals surface area contributed by atoms with E-state index in [2.05, 4.69) is 20.4 Å². The lowest BCUT2D eigenvalue weighted by atomic mass is 10.0. The number of aryl methyl sites for hydroxylation is 1. The molecule has 1 aromatic heterocycles. The van der Waals surface area contributed by atoms with Crippen LogP contribution in [0.15, 0.2) is 29.1 Å². The van der Waals surface area contributed by atoms with Crippen LogP contribution in [0, 0.1) is 5.92 Å². The highest BCUT2D eigenvalue weighted by atomic mass is 16.5. The van der Waals surface area contributed by atoms with E-state index < -0.39 is 12.0 Å². The summed E-state index contributed by atoms with van der Waals surface area (Å²) in [6, 6.07) is 6.29. The number of methoxy groups -OCH3 is 1. The van der Waals surface area contributed by atoms with Crippen molar-refractivity contribution in [1.82, 2.24) is 20.3 Å². The summed E-state index contributed by atoms with van der Waals surface area (Å²) in [7, 11) is 1.29. The van der Waals surface area contributed by atoms with E-state index in [0.29, 0.717) is 17.3 Å². The molecule has 2 rings (SSSR count). The van der Waals surface area contributed by atoms with Crippen LogP contribution < -0.4 is 10.9 Å². The smallest absolute Gasteiger partial charge is 0.328 e. The van der Waals surface area contributed by atoms with Crippen LogP contribution in [0.4, 0.5) is 0 Å². The number of benzene rings is 1. The number of rotatable bonds is 7. The number of aromatic nitrogens is 3. The lowest BCUT2D eigenvalue weighted by Crippen LogP contribution is -2.45. The summed E-state index contributed by atoms with van der Waals surface area (Å²) in [5, 5.41) is 11.0. The maximum absolute atomic E-state index is 12.3. The van der Waals surface area contributed by atoms with Gasteiger partial charge in [0.05, 0.1) is 12.5 Å². The molecule has 0 saturated heterocycles. The minimum Gasteiger partial charge on any atom is -0.467 e. The summed E-state index contributed by atoms with van der Waals surface area (Å²) in [5.74, 6) is -0.823. The zero-order valence-electron chi connectivity index (χ0n) is 14.6. The standard InChI is InChI=1S/C17H22N4O4/c1-11(2)15(17(24)25-3)18-14(22)9-6-10-21-16(23)12-7-4-5-8-13(12)19-20-21/h4-5,7-8,11,15H,6,9-10H2,1-3H3,(H,18,22). The molecular weight excluding hydrogens is 324 g/mol. The summed E-state index contributed by atoms with van der Waals surface area (Å²) >= 11 is 0. The largest absolute Gasteiger partial charge is 0.467 e. The minimum atomic E-state index is -0.680. The second-order valence-electron chi connectivity index (χ2n) is 6.05. The number of ether oxygens (including phenoxy) is 1. The molecule has 0 radical (unpaired) electrons. The molecule has 25 heavy (non-hydrogen) atoms. The van der Waals surface area contributed by atoms with Gasteiger partial charge in [-0.05, 0) is 24.5 Å². The summed E-state index contributed by atoms with van der Waals surface area (Å²) in [4.78, 5) is 36.0. The summed E-state index contributed by atoms with van der Waals surface area (Å²) in [6.45, 7) is 3.92. The highest BCUT2D eigenvalue weighted by molar-refractivity contribution is 5.84. The molecule has 1 unspecified atom stereocenters. The summed E-state index contributed by atoms with van der Waals surface area (Å²) in [5.41, 5.74) is 0.306. The predicted molar refractivity (Wildman–Crippen MR) is 91.8 cm³/mol. The van der Waals surface area contributed by atoms with Crippen molar-refractivity contribution in [2.24, 2.45) is 5.92 Å². The van der Waals surface area contributed by atoms with Crippen LogP contribution in [0.3, 0.4) is 0 Å². The van der Waals surface area contributed by atoms with Crippen LogP contribution in [-0.4, -0.2) is 40.0 Å². The Morgan fingerprint density at radius 1 is 1.28 bits per heavy atom. The van der Waals surface area contributed by atoms with Crippen molar-refractivity contribution in [3.63, 3.8) is 0 Å². The van der Waals surface area contributed by atoms with Gasteiger partial charge in [0.1, 0.15) is 11.6 Å². The fourth-order valence-corrected chi connectivity index (χ4v) is 2.43. The Morgan fingerprint density at radius 2 is 2.00 bits per heavy atom. The first-order chi connectivity index (χ1) is 11.9. The van der Waals surface area contributed by atoms with E-state index in [0.717, 1.165) is 0 Å². The van der Waals surface area contributed by atoms with Gasteiger partial charge in [0.2, 0.25) is 5.91 Å². The third-order valence-corrected chi connectivity index (χ3v) is 3.84. The molecule has 1 heterocycles. The molecule has 1 atom stereocenters. The Labute approximate surface area is 145 Å². The highest BCUT2D eigenvalue weighted by Gasteiger charge is 2.24. The topological polar surface area (TPSA) is 103 Å². The fraction of sp³-hybridized carbons (Fsp3) is 0.471. The maximum atomic E-state index is 12.3. The normalized spacial score (nSPS) is 12.2. The van der Waals surface area contributed by atoms with Crippen LogP contribution in [0.5, 0.6) is 0 Å². The number of hydrogen-bond acceptors (Lipinski definition) is 6. The Balaban J connectivity index is 1.94. The third kappa shape index (κ3) is 4.62. The van der Waals surface area contributed by atoms with Gasteiger partial charge in [-0.1, -0.05) is 31.2 Å². The molecule has 8 nitrogen and oxygen atoms in total. The molecule has 1 aromatic carbocycles. The zero-order valence-corrected chi connectivity index (χ0v) is 14.6. The quantitative estimate of drug-likeness (QED) is 0.747. The second-order valence-corrected chi connectivity index (χ2v) is 6.05. The Bertz CT molecular complexity index is 816. The van der Waals surface area contributed by atoms with Crippen LogP contribution in [-0.2, 0) is 20.9 Å². The van der Waals surface area contributed by atoms with Gasteiger partial charge < -0.3 is 10.1 Å². The number of nitrogens with zero attached hydrogens (tertiary/aromatic N) is 3. The number of fused-ring (bicyclic) bond motifs is 1.